The van der Waals surface area contributed by atoms with Crippen LogP contribution in [0.3, 0.4) is 0 Å². The first kappa shape index (κ1) is 22.0. The molecule has 0 unspecified atom stereocenters. The Labute approximate surface area is 189 Å². The van der Waals surface area contributed by atoms with Crippen LogP contribution >= 0.6 is 11.3 Å². The van der Waals surface area contributed by atoms with Gasteiger partial charge in [0.2, 0.25) is 0 Å². The number of benzene rings is 2. The largest absolute Gasteiger partial charge is 0.390 e. The quantitative estimate of drug-likeness (QED) is 0.468. The molecule has 3 aromatic rings. The first-order valence-corrected chi connectivity index (χ1v) is 11.9. The predicted molar refractivity (Wildman–Crippen MR) is 130 cm³/mol. The Kier molecular flexibility index (Phi) is 6.74. The number of hydrogen-bond acceptors (Lipinski definition) is 4. The van der Waals surface area contributed by atoms with Gasteiger partial charge in [-0.3, -0.25) is 4.90 Å². The number of β-amino-alcohol motifs (C(OH)–C–C–N with tert-alkyl or cyclic N) is 1. The minimum atomic E-state index is -0.412. The lowest BCUT2D eigenvalue weighted by Crippen LogP contribution is -2.50. The molecule has 1 fully saturated rings. The Hall–Kier alpha value is -2.23. The van der Waals surface area contributed by atoms with Crippen LogP contribution in [0.4, 0.5) is 5.69 Å². The number of nitrogens with zero attached hydrogens (tertiary/aromatic N) is 2. The molecule has 2 N–H and O–H groups in total. The van der Waals surface area contributed by atoms with Crippen LogP contribution in [0.5, 0.6) is 0 Å². The van der Waals surface area contributed by atoms with Crippen molar-refractivity contribution >= 4 is 27.1 Å². The van der Waals surface area contributed by atoms with Crippen molar-refractivity contribution in [1.82, 2.24) is 10.2 Å². The summed E-state index contributed by atoms with van der Waals surface area (Å²) in [6.07, 6.45) is 2.64. The minimum absolute atomic E-state index is 0.0990. The fraction of sp³-hybridized carbons (Fsp3) is 0.423. The smallest absolute Gasteiger partial charge is 0.187 e. The van der Waals surface area contributed by atoms with Crippen molar-refractivity contribution in [1.29, 1.82) is 0 Å². The monoisotopic (exact) mass is 433 g/mol. The molecule has 0 aliphatic carbocycles. The summed E-state index contributed by atoms with van der Waals surface area (Å²) >= 11 is 1.80. The number of thiophene rings is 1. The van der Waals surface area contributed by atoms with E-state index in [2.05, 4.69) is 64.6 Å². The number of hydrogen-bond donors (Lipinski definition) is 2. The van der Waals surface area contributed by atoms with Crippen LogP contribution in [0, 0.1) is 6.57 Å². The van der Waals surface area contributed by atoms with E-state index >= 15 is 0 Å². The normalized spacial score (nSPS) is 18.3. The van der Waals surface area contributed by atoms with Gasteiger partial charge in [0, 0.05) is 29.4 Å². The average molecular weight is 434 g/mol. The van der Waals surface area contributed by atoms with Gasteiger partial charge in [0.05, 0.1) is 12.7 Å². The topological polar surface area (TPSA) is 39.9 Å². The number of rotatable bonds is 8. The second kappa shape index (κ2) is 9.50. The molecule has 31 heavy (non-hydrogen) atoms. The third kappa shape index (κ3) is 5.34. The molecule has 1 aliphatic heterocycles. The first-order valence-electron chi connectivity index (χ1n) is 11.0. The van der Waals surface area contributed by atoms with Crippen LogP contribution in [0.2, 0.25) is 0 Å². The van der Waals surface area contributed by atoms with E-state index in [0.29, 0.717) is 12.2 Å². The number of aliphatic hydroxyl groups excluding tert-OH is 1. The van der Waals surface area contributed by atoms with Crippen molar-refractivity contribution in [2.24, 2.45) is 0 Å². The fourth-order valence-electron chi connectivity index (χ4n) is 4.67. The van der Waals surface area contributed by atoms with E-state index < -0.39 is 6.10 Å². The van der Waals surface area contributed by atoms with Crippen molar-refractivity contribution in [3.63, 3.8) is 0 Å². The molecular weight excluding hydrogens is 402 g/mol. The third-order valence-corrected chi connectivity index (χ3v) is 7.28. The Morgan fingerprint density at radius 1 is 1.26 bits per heavy atom. The van der Waals surface area contributed by atoms with Crippen LogP contribution in [0.15, 0.2) is 53.9 Å². The molecule has 1 saturated heterocycles. The van der Waals surface area contributed by atoms with Gasteiger partial charge in [0.15, 0.2) is 5.69 Å². The summed E-state index contributed by atoms with van der Waals surface area (Å²) in [5.41, 5.74) is 3.09. The molecule has 0 spiro atoms. The van der Waals surface area contributed by atoms with Crippen LogP contribution in [-0.4, -0.2) is 40.8 Å². The van der Waals surface area contributed by atoms with Gasteiger partial charge in [-0.05, 0) is 67.6 Å². The molecule has 4 rings (SSSR count). The summed E-state index contributed by atoms with van der Waals surface area (Å²) in [5, 5.41) is 18.2. The average Bonchev–Trinajstić information content (AvgIpc) is 3.39. The van der Waals surface area contributed by atoms with Gasteiger partial charge in [0.25, 0.3) is 0 Å². The Morgan fingerprint density at radius 2 is 2.10 bits per heavy atom. The van der Waals surface area contributed by atoms with Gasteiger partial charge in [-0.2, -0.15) is 0 Å². The Bertz CT molecular complexity index is 1070. The van der Waals surface area contributed by atoms with Crippen LogP contribution in [0.25, 0.3) is 14.9 Å². The van der Waals surface area contributed by atoms with E-state index in [-0.39, 0.29) is 11.6 Å². The van der Waals surface area contributed by atoms with Crippen LogP contribution < -0.4 is 5.32 Å². The standard InChI is InChI=1S/C26H31N3OS/c1-26(2,15-20-18-31-25-12-5-4-10-22(20)25)28-16-24(30)23-11-7-13-29(23)17-19-8-6-9-21(14-19)27-3/h4-6,8-10,12,14,18,23-24,28,30H,7,11,13,15-17H2,1-2H3/t23-,24-/m1/s1. The van der Waals surface area contributed by atoms with Crippen molar-refractivity contribution in [3.8, 4) is 0 Å². The lowest BCUT2D eigenvalue weighted by atomic mass is 9.94. The van der Waals surface area contributed by atoms with E-state index in [0.717, 1.165) is 37.9 Å². The maximum Gasteiger partial charge on any atom is 0.187 e. The number of fused-ring (bicyclic) bond motifs is 1. The molecule has 0 amide bonds. The molecule has 162 valence electrons. The highest BCUT2D eigenvalue weighted by Crippen LogP contribution is 2.29. The maximum atomic E-state index is 11.0. The van der Waals surface area contributed by atoms with Gasteiger partial charge in [-0.1, -0.05) is 42.5 Å². The van der Waals surface area contributed by atoms with Gasteiger partial charge in [-0.25, -0.2) is 4.85 Å². The van der Waals surface area contributed by atoms with Crippen molar-refractivity contribution in [3.05, 3.63) is 76.5 Å². The molecular formula is C26H31N3OS. The number of nitrogens with one attached hydrogen (secondary N) is 1. The molecule has 0 saturated carbocycles. The third-order valence-electron chi connectivity index (χ3n) is 6.27. The first-order chi connectivity index (χ1) is 14.9. The van der Waals surface area contributed by atoms with Gasteiger partial charge in [-0.15, -0.1) is 11.3 Å². The summed E-state index contributed by atoms with van der Waals surface area (Å²) < 4.78 is 1.33. The Balaban J connectivity index is 1.35. The van der Waals surface area contributed by atoms with Crippen LogP contribution in [-0.2, 0) is 13.0 Å². The summed E-state index contributed by atoms with van der Waals surface area (Å²) in [6.45, 7) is 14.0. The fourth-order valence-corrected chi connectivity index (χ4v) is 5.63. The minimum Gasteiger partial charge on any atom is -0.390 e. The number of aliphatic hydroxyl groups is 1. The summed E-state index contributed by atoms with van der Waals surface area (Å²) in [6, 6.07) is 16.5. The molecule has 2 atom stereocenters. The molecule has 4 nitrogen and oxygen atoms in total. The molecule has 2 heterocycles. The summed E-state index contributed by atoms with van der Waals surface area (Å²) in [7, 11) is 0. The predicted octanol–water partition coefficient (Wildman–Crippen LogP) is 5.39. The number of likely N-dealkylation sites (tertiary alicyclic amines) is 1. The van der Waals surface area contributed by atoms with E-state index in [1.165, 1.54) is 15.6 Å². The molecule has 1 aromatic heterocycles. The summed E-state index contributed by atoms with van der Waals surface area (Å²) in [5.74, 6) is 0. The molecule has 2 aromatic carbocycles. The zero-order chi connectivity index (χ0) is 21.8. The second-order valence-corrected chi connectivity index (χ2v) is 10.1. The highest BCUT2D eigenvalue weighted by atomic mass is 32.1. The SMILES string of the molecule is [C-]#[N+]c1cccc(CN2CCC[C@@H]2[C@H](O)CNC(C)(C)Cc2csc3ccccc23)c1. The zero-order valence-electron chi connectivity index (χ0n) is 18.3. The maximum absolute atomic E-state index is 11.0. The van der Waals surface area contributed by atoms with Gasteiger partial charge >= 0.3 is 0 Å². The molecule has 0 radical (unpaired) electrons. The van der Waals surface area contributed by atoms with E-state index in [1.54, 1.807) is 11.3 Å². The molecule has 5 heteroatoms. The summed E-state index contributed by atoms with van der Waals surface area (Å²) in [4.78, 5) is 5.91. The second-order valence-electron chi connectivity index (χ2n) is 9.23. The molecule has 0 bridgehead atoms. The van der Waals surface area contributed by atoms with Crippen molar-refractivity contribution < 1.29 is 5.11 Å². The van der Waals surface area contributed by atoms with E-state index in [1.807, 2.05) is 18.2 Å². The Morgan fingerprint density at radius 3 is 2.94 bits per heavy atom. The lowest BCUT2D eigenvalue weighted by Gasteiger charge is -2.32. The molecule has 1 aliphatic rings. The lowest BCUT2D eigenvalue weighted by molar-refractivity contribution is 0.0633. The van der Waals surface area contributed by atoms with Crippen molar-refractivity contribution in [2.75, 3.05) is 13.1 Å². The van der Waals surface area contributed by atoms with E-state index in [9.17, 15) is 5.11 Å². The van der Waals surface area contributed by atoms with Gasteiger partial charge in [0.1, 0.15) is 0 Å². The highest BCUT2D eigenvalue weighted by molar-refractivity contribution is 7.17. The van der Waals surface area contributed by atoms with Gasteiger partial charge < -0.3 is 10.4 Å². The zero-order valence-corrected chi connectivity index (χ0v) is 19.2. The van der Waals surface area contributed by atoms with Crippen molar-refractivity contribution in [2.45, 2.75) is 57.3 Å². The van der Waals surface area contributed by atoms with Crippen LogP contribution in [0.1, 0.15) is 37.8 Å². The van der Waals surface area contributed by atoms with E-state index in [4.69, 9.17) is 6.57 Å². The highest BCUT2D eigenvalue weighted by Gasteiger charge is 2.31.